The Bertz CT molecular complexity index is 471. The number of piperidine rings is 1. The van der Waals surface area contributed by atoms with Crippen LogP contribution in [0.3, 0.4) is 0 Å². The Kier molecular flexibility index (Phi) is 5.87. The standard InChI is InChI=1S/C16H24N2O3/c1-20-13-6-7-14(15(10-13)21-2)18-16(19)8-5-12-4-3-9-17-11-12/h6-7,10,12,17H,3-5,8-9,11H2,1-2H3,(H,18,19). The van der Waals surface area contributed by atoms with Crippen LogP contribution >= 0.6 is 0 Å². The summed E-state index contributed by atoms with van der Waals surface area (Å²) >= 11 is 0. The van der Waals surface area contributed by atoms with Crippen LogP contribution in [0.2, 0.25) is 0 Å². The second-order valence-electron chi connectivity index (χ2n) is 5.37. The molecule has 1 fully saturated rings. The molecule has 1 aliphatic heterocycles. The van der Waals surface area contributed by atoms with E-state index in [1.165, 1.54) is 12.8 Å². The number of amides is 1. The average molecular weight is 292 g/mol. The number of carbonyl (C=O) groups excluding carboxylic acids is 1. The van der Waals surface area contributed by atoms with E-state index in [-0.39, 0.29) is 5.91 Å². The monoisotopic (exact) mass is 292 g/mol. The molecule has 1 unspecified atom stereocenters. The van der Waals surface area contributed by atoms with Gasteiger partial charge >= 0.3 is 0 Å². The van der Waals surface area contributed by atoms with Crippen molar-refractivity contribution in [1.29, 1.82) is 0 Å². The van der Waals surface area contributed by atoms with Gasteiger partial charge in [0.25, 0.3) is 0 Å². The molecule has 116 valence electrons. The van der Waals surface area contributed by atoms with Gasteiger partial charge in [-0.05, 0) is 50.4 Å². The molecule has 5 heteroatoms. The number of rotatable bonds is 6. The number of ether oxygens (including phenoxy) is 2. The number of nitrogens with one attached hydrogen (secondary N) is 2. The Labute approximate surface area is 126 Å². The van der Waals surface area contributed by atoms with Crippen molar-refractivity contribution in [3.8, 4) is 11.5 Å². The third-order valence-electron chi connectivity index (χ3n) is 3.86. The number of benzene rings is 1. The first-order chi connectivity index (χ1) is 10.2. The van der Waals surface area contributed by atoms with E-state index in [1.54, 1.807) is 26.4 Å². The SMILES string of the molecule is COc1ccc(NC(=O)CCC2CCCNC2)c(OC)c1. The smallest absolute Gasteiger partial charge is 0.224 e. The summed E-state index contributed by atoms with van der Waals surface area (Å²) in [5.41, 5.74) is 0.685. The number of hydrogen-bond acceptors (Lipinski definition) is 4. The predicted octanol–water partition coefficient (Wildman–Crippen LogP) is 2.42. The summed E-state index contributed by atoms with van der Waals surface area (Å²) in [6.45, 7) is 2.13. The van der Waals surface area contributed by atoms with Gasteiger partial charge in [0.1, 0.15) is 11.5 Å². The molecule has 1 aliphatic rings. The molecule has 1 aromatic rings. The van der Waals surface area contributed by atoms with Crippen LogP contribution < -0.4 is 20.1 Å². The van der Waals surface area contributed by atoms with Crippen molar-refractivity contribution in [2.24, 2.45) is 5.92 Å². The van der Waals surface area contributed by atoms with E-state index in [9.17, 15) is 4.79 Å². The highest BCUT2D eigenvalue weighted by molar-refractivity contribution is 5.92. The molecule has 0 radical (unpaired) electrons. The van der Waals surface area contributed by atoms with Crippen molar-refractivity contribution in [2.45, 2.75) is 25.7 Å². The summed E-state index contributed by atoms with van der Waals surface area (Å²) in [6, 6.07) is 5.38. The minimum atomic E-state index is 0.0315. The number of anilines is 1. The normalized spacial score (nSPS) is 18.1. The fraction of sp³-hybridized carbons (Fsp3) is 0.562. The van der Waals surface area contributed by atoms with Crippen molar-refractivity contribution < 1.29 is 14.3 Å². The highest BCUT2D eigenvalue weighted by atomic mass is 16.5. The second kappa shape index (κ2) is 7.88. The van der Waals surface area contributed by atoms with Gasteiger partial charge in [-0.25, -0.2) is 0 Å². The second-order valence-corrected chi connectivity index (χ2v) is 5.37. The average Bonchev–Trinajstić information content (AvgIpc) is 2.54. The zero-order valence-electron chi connectivity index (χ0n) is 12.8. The van der Waals surface area contributed by atoms with E-state index in [0.29, 0.717) is 29.5 Å². The van der Waals surface area contributed by atoms with E-state index in [1.807, 2.05) is 6.07 Å². The summed E-state index contributed by atoms with van der Waals surface area (Å²) in [5, 5.41) is 6.29. The zero-order valence-corrected chi connectivity index (χ0v) is 12.8. The topological polar surface area (TPSA) is 59.6 Å². The highest BCUT2D eigenvalue weighted by Gasteiger charge is 2.15. The fourth-order valence-corrected chi connectivity index (χ4v) is 2.62. The molecule has 21 heavy (non-hydrogen) atoms. The molecule has 0 aromatic heterocycles. The van der Waals surface area contributed by atoms with E-state index in [4.69, 9.17) is 9.47 Å². The Morgan fingerprint density at radius 1 is 1.38 bits per heavy atom. The number of carbonyl (C=O) groups is 1. The van der Waals surface area contributed by atoms with Gasteiger partial charge in [0.2, 0.25) is 5.91 Å². The van der Waals surface area contributed by atoms with Gasteiger partial charge in [-0.3, -0.25) is 4.79 Å². The molecule has 0 aliphatic carbocycles. The molecule has 1 amide bonds. The first kappa shape index (κ1) is 15.6. The summed E-state index contributed by atoms with van der Waals surface area (Å²) in [5.74, 6) is 1.96. The van der Waals surface area contributed by atoms with Crippen molar-refractivity contribution in [1.82, 2.24) is 5.32 Å². The Morgan fingerprint density at radius 2 is 2.24 bits per heavy atom. The van der Waals surface area contributed by atoms with Crippen LogP contribution in [0.1, 0.15) is 25.7 Å². The van der Waals surface area contributed by atoms with E-state index >= 15 is 0 Å². The summed E-state index contributed by atoms with van der Waals surface area (Å²) < 4.78 is 10.4. The van der Waals surface area contributed by atoms with Gasteiger partial charge in [-0.1, -0.05) is 0 Å². The lowest BCUT2D eigenvalue weighted by Crippen LogP contribution is -2.30. The molecule has 1 aromatic carbocycles. The van der Waals surface area contributed by atoms with Crippen LogP contribution in [0.15, 0.2) is 18.2 Å². The third-order valence-corrected chi connectivity index (χ3v) is 3.86. The molecular formula is C16H24N2O3. The number of methoxy groups -OCH3 is 2. The largest absolute Gasteiger partial charge is 0.497 e. The van der Waals surface area contributed by atoms with Crippen LogP contribution in [0.5, 0.6) is 11.5 Å². The van der Waals surface area contributed by atoms with Crippen molar-refractivity contribution >= 4 is 11.6 Å². The van der Waals surface area contributed by atoms with Crippen molar-refractivity contribution in [3.63, 3.8) is 0 Å². The minimum Gasteiger partial charge on any atom is -0.497 e. The fourth-order valence-electron chi connectivity index (χ4n) is 2.62. The van der Waals surface area contributed by atoms with E-state index in [0.717, 1.165) is 19.5 Å². The first-order valence-electron chi connectivity index (χ1n) is 7.45. The Morgan fingerprint density at radius 3 is 2.90 bits per heavy atom. The number of hydrogen-bond donors (Lipinski definition) is 2. The maximum Gasteiger partial charge on any atom is 0.224 e. The molecule has 1 saturated heterocycles. The maximum absolute atomic E-state index is 12.1. The maximum atomic E-state index is 12.1. The quantitative estimate of drug-likeness (QED) is 0.845. The van der Waals surface area contributed by atoms with Crippen LogP contribution in [-0.2, 0) is 4.79 Å². The van der Waals surface area contributed by atoms with Gasteiger partial charge in [0.15, 0.2) is 0 Å². The van der Waals surface area contributed by atoms with Crippen molar-refractivity contribution in [2.75, 3.05) is 32.6 Å². The van der Waals surface area contributed by atoms with Crippen LogP contribution in [0.25, 0.3) is 0 Å². The summed E-state index contributed by atoms with van der Waals surface area (Å²) in [6.07, 6.45) is 3.89. The zero-order chi connectivity index (χ0) is 15.1. The Balaban J connectivity index is 1.86. The van der Waals surface area contributed by atoms with Crippen LogP contribution in [-0.4, -0.2) is 33.2 Å². The van der Waals surface area contributed by atoms with E-state index < -0.39 is 0 Å². The molecule has 2 N–H and O–H groups in total. The lowest BCUT2D eigenvalue weighted by Gasteiger charge is -2.22. The van der Waals surface area contributed by atoms with Gasteiger partial charge in [0, 0.05) is 12.5 Å². The van der Waals surface area contributed by atoms with Crippen LogP contribution in [0.4, 0.5) is 5.69 Å². The molecular weight excluding hydrogens is 268 g/mol. The molecule has 0 bridgehead atoms. The molecule has 5 nitrogen and oxygen atoms in total. The molecule has 0 spiro atoms. The van der Waals surface area contributed by atoms with Gasteiger partial charge in [-0.15, -0.1) is 0 Å². The van der Waals surface area contributed by atoms with Crippen molar-refractivity contribution in [3.05, 3.63) is 18.2 Å². The highest BCUT2D eigenvalue weighted by Crippen LogP contribution is 2.29. The van der Waals surface area contributed by atoms with Gasteiger partial charge in [0.05, 0.1) is 19.9 Å². The molecule has 1 heterocycles. The van der Waals surface area contributed by atoms with Gasteiger partial charge < -0.3 is 20.1 Å². The third kappa shape index (κ3) is 4.63. The lowest BCUT2D eigenvalue weighted by atomic mass is 9.94. The molecule has 1 atom stereocenters. The minimum absolute atomic E-state index is 0.0315. The first-order valence-corrected chi connectivity index (χ1v) is 7.45. The molecule has 0 saturated carbocycles. The predicted molar refractivity (Wildman–Crippen MR) is 83.0 cm³/mol. The van der Waals surface area contributed by atoms with E-state index in [2.05, 4.69) is 10.6 Å². The lowest BCUT2D eigenvalue weighted by molar-refractivity contribution is -0.116. The summed E-state index contributed by atoms with van der Waals surface area (Å²) in [7, 11) is 3.18. The molecule has 2 rings (SSSR count). The van der Waals surface area contributed by atoms with Gasteiger partial charge in [-0.2, -0.15) is 0 Å². The Hall–Kier alpha value is -1.75. The summed E-state index contributed by atoms with van der Waals surface area (Å²) in [4.78, 5) is 12.1. The van der Waals surface area contributed by atoms with Crippen LogP contribution in [0, 0.1) is 5.92 Å².